The summed E-state index contributed by atoms with van der Waals surface area (Å²) < 4.78 is 1.67. The van der Waals surface area contributed by atoms with Crippen LogP contribution < -0.4 is 5.43 Å². The zero-order valence-corrected chi connectivity index (χ0v) is 11.4. The highest BCUT2D eigenvalue weighted by Crippen LogP contribution is 2.19. The molecule has 0 fully saturated rings. The zero-order chi connectivity index (χ0) is 14.0. The molecule has 0 unspecified atom stereocenters. The van der Waals surface area contributed by atoms with Crippen LogP contribution in [0.15, 0.2) is 29.1 Å². The summed E-state index contributed by atoms with van der Waals surface area (Å²) in [5.74, 6) is 0. The Kier molecular flexibility index (Phi) is 3.68. The second-order valence-electron chi connectivity index (χ2n) is 4.27. The van der Waals surface area contributed by atoms with Crippen LogP contribution in [0, 0.1) is 25.2 Å². The summed E-state index contributed by atoms with van der Waals surface area (Å²) in [6.45, 7) is 3.73. The van der Waals surface area contributed by atoms with Gasteiger partial charge in [-0.05, 0) is 37.6 Å². The number of nitriles is 1. The molecule has 0 bridgehead atoms. The molecule has 0 aliphatic heterocycles. The van der Waals surface area contributed by atoms with E-state index in [0.29, 0.717) is 5.02 Å². The van der Waals surface area contributed by atoms with Crippen LogP contribution in [0.4, 0.5) is 0 Å². The van der Waals surface area contributed by atoms with Gasteiger partial charge in [-0.3, -0.25) is 4.79 Å². The third-order valence-corrected chi connectivity index (χ3v) is 3.05. The molecule has 0 aliphatic rings. The fourth-order valence-corrected chi connectivity index (χ4v) is 2.11. The summed E-state index contributed by atoms with van der Waals surface area (Å²) in [6.07, 6.45) is 0.00571. The first-order valence-electron chi connectivity index (χ1n) is 5.76. The molecular formula is C14H12ClN3O. The van der Waals surface area contributed by atoms with E-state index in [2.05, 4.69) is 5.10 Å². The van der Waals surface area contributed by atoms with Crippen molar-refractivity contribution in [2.24, 2.45) is 0 Å². The Labute approximate surface area is 115 Å². The average molecular weight is 274 g/mol. The van der Waals surface area contributed by atoms with Crippen LogP contribution in [0.25, 0.3) is 5.69 Å². The molecule has 1 aromatic carbocycles. The SMILES string of the molecule is Cc1cc(Cl)ccc1-n1nc(CC#N)c(=O)cc1C. The molecule has 0 radical (unpaired) electrons. The highest BCUT2D eigenvalue weighted by Gasteiger charge is 2.09. The number of nitrogens with zero attached hydrogens (tertiary/aromatic N) is 3. The van der Waals surface area contributed by atoms with Crippen LogP contribution in [-0.2, 0) is 6.42 Å². The van der Waals surface area contributed by atoms with E-state index in [0.717, 1.165) is 16.9 Å². The Morgan fingerprint density at radius 3 is 2.74 bits per heavy atom. The monoisotopic (exact) mass is 273 g/mol. The second kappa shape index (κ2) is 5.25. The van der Waals surface area contributed by atoms with Crippen LogP contribution in [0.5, 0.6) is 0 Å². The molecule has 0 aliphatic carbocycles. The molecule has 0 atom stereocenters. The number of hydrogen-bond acceptors (Lipinski definition) is 3. The third kappa shape index (κ3) is 2.67. The van der Waals surface area contributed by atoms with Crippen molar-refractivity contribution in [3.63, 3.8) is 0 Å². The van der Waals surface area contributed by atoms with Gasteiger partial charge in [0.1, 0.15) is 5.69 Å². The van der Waals surface area contributed by atoms with Gasteiger partial charge in [0.2, 0.25) is 5.43 Å². The minimum absolute atomic E-state index is 0.00571. The van der Waals surface area contributed by atoms with Crippen LogP contribution in [0.3, 0.4) is 0 Å². The molecule has 0 saturated heterocycles. The molecule has 5 heteroatoms. The van der Waals surface area contributed by atoms with Gasteiger partial charge in [0.15, 0.2) is 0 Å². The van der Waals surface area contributed by atoms with E-state index >= 15 is 0 Å². The minimum atomic E-state index is -0.207. The molecule has 0 saturated carbocycles. The van der Waals surface area contributed by atoms with Gasteiger partial charge < -0.3 is 0 Å². The van der Waals surface area contributed by atoms with Crippen molar-refractivity contribution in [1.82, 2.24) is 9.78 Å². The van der Waals surface area contributed by atoms with Crippen LogP contribution in [-0.4, -0.2) is 9.78 Å². The van der Waals surface area contributed by atoms with E-state index in [1.165, 1.54) is 6.07 Å². The van der Waals surface area contributed by atoms with Crippen LogP contribution >= 0.6 is 11.6 Å². The van der Waals surface area contributed by atoms with Crippen LogP contribution in [0.1, 0.15) is 17.0 Å². The van der Waals surface area contributed by atoms with E-state index in [9.17, 15) is 4.79 Å². The van der Waals surface area contributed by atoms with E-state index < -0.39 is 0 Å². The molecule has 0 spiro atoms. The first kappa shape index (κ1) is 13.3. The van der Waals surface area contributed by atoms with Gasteiger partial charge in [-0.1, -0.05) is 11.6 Å². The summed E-state index contributed by atoms with van der Waals surface area (Å²) in [4.78, 5) is 11.7. The highest BCUT2D eigenvalue weighted by molar-refractivity contribution is 6.30. The fraction of sp³-hybridized carbons (Fsp3) is 0.214. The molecule has 19 heavy (non-hydrogen) atoms. The first-order valence-corrected chi connectivity index (χ1v) is 6.14. The molecule has 2 rings (SSSR count). The summed E-state index contributed by atoms with van der Waals surface area (Å²) in [6, 6.07) is 8.89. The predicted molar refractivity (Wildman–Crippen MR) is 73.6 cm³/mol. The van der Waals surface area contributed by atoms with E-state index in [4.69, 9.17) is 16.9 Å². The third-order valence-electron chi connectivity index (χ3n) is 2.81. The van der Waals surface area contributed by atoms with Crippen molar-refractivity contribution in [3.8, 4) is 11.8 Å². The number of aromatic nitrogens is 2. The molecular weight excluding hydrogens is 262 g/mol. The number of benzene rings is 1. The maximum Gasteiger partial charge on any atom is 0.204 e. The lowest BCUT2D eigenvalue weighted by molar-refractivity contribution is 0.763. The Morgan fingerprint density at radius 1 is 1.37 bits per heavy atom. The molecule has 1 aromatic heterocycles. The maximum absolute atomic E-state index is 11.7. The lowest BCUT2D eigenvalue weighted by Crippen LogP contribution is -2.19. The van der Waals surface area contributed by atoms with Crippen molar-refractivity contribution in [3.05, 3.63) is 56.5 Å². The van der Waals surface area contributed by atoms with Gasteiger partial charge in [-0.15, -0.1) is 0 Å². The Hall–Kier alpha value is -2.12. The molecule has 0 amide bonds. The standard InChI is InChI=1S/C14H12ClN3O/c1-9-7-11(15)3-4-13(9)18-10(2)8-14(19)12(17-18)5-6-16/h3-4,7-8H,5H2,1-2H3. The quantitative estimate of drug-likeness (QED) is 0.845. The Bertz CT molecular complexity index is 728. The summed E-state index contributed by atoms with van der Waals surface area (Å²) in [5.41, 5.74) is 2.57. The molecule has 4 nitrogen and oxygen atoms in total. The first-order chi connectivity index (χ1) is 9.02. The average Bonchev–Trinajstić information content (AvgIpc) is 2.34. The summed E-state index contributed by atoms with van der Waals surface area (Å²) in [7, 11) is 0. The van der Waals surface area contributed by atoms with Crippen molar-refractivity contribution in [1.29, 1.82) is 5.26 Å². The second-order valence-corrected chi connectivity index (χ2v) is 4.71. The van der Waals surface area contributed by atoms with Gasteiger partial charge in [0.25, 0.3) is 0 Å². The fourth-order valence-electron chi connectivity index (χ4n) is 1.88. The lowest BCUT2D eigenvalue weighted by atomic mass is 10.2. The Morgan fingerprint density at radius 2 is 2.11 bits per heavy atom. The maximum atomic E-state index is 11.7. The van der Waals surface area contributed by atoms with Gasteiger partial charge >= 0.3 is 0 Å². The molecule has 2 aromatic rings. The smallest absolute Gasteiger partial charge is 0.204 e. The van der Waals surface area contributed by atoms with E-state index in [1.807, 2.05) is 25.1 Å². The van der Waals surface area contributed by atoms with Crippen molar-refractivity contribution in [2.45, 2.75) is 20.3 Å². The molecule has 96 valence electrons. The largest absolute Gasteiger partial charge is 0.288 e. The van der Waals surface area contributed by atoms with Gasteiger partial charge in [0, 0.05) is 16.8 Å². The van der Waals surface area contributed by atoms with E-state index in [1.54, 1.807) is 17.7 Å². The summed E-state index contributed by atoms with van der Waals surface area (Å²) in [5, 5.41) is 13.6. The minimum Gasteiger partial charge on any atom is -0.288 e. The van der Waals surface area contributed by atoms with Crippen molar-refractivity contribution in [2.75, 3.05) is 0 Å². The number of rotatable bonds is 2. The number of halogens is 1. The number of aryl methyl sites for hydroxylation is 2. The lowest BCUT2D eigenvalue weighted by Gasteiger charge is -2.13. The molecule has 0 N–H and O–H groups in total. The zero-order valence-electron chi connectivity index (χ0n) is 10.6. The van der Waals surface area contributed by atoms with Crippen molar-refractivity contribution < 1.29 is 0 Å². The van der Waals surface area contributed by atoms with Crippen LogP contribution in [0.2, 0.25) is 5.02 Å². The number of hydrogen-bond donors (Lipinski definition) is 0. The van der Waals surface area contributed by atoms with Gasteiger partial charge in [-0.2, -0.15) is 10.4 Å². The van der Waals surface area contributed by atoms with Crippen molar-refractivity contribution >= 4 is 11.6 Å². The predicted octanol–water partition coefficient (Wildman–Crippen LogP) is 2.57. The van der Waals surface area contributed by atoms with E-state index in [-0.39, 0.29) is 17.5 Å². The summed E-state index contributed by atoms with van der Waals surface area (Å²) >= 11 is 5.93. The van der Waals surface area contributed by atoms with Gasteiger partial charge in [0.05, 0.1) is 18.2 Å². The molecule has 1 heterocycles. The highest BCUT2D eigenvalue weighted by atomic mass is 35.5. The normalized spacial score (nSPS) is 10.2. The Balaban J connectivity index is 2.65. The van der Waals surface area contributed by atoms with Gasteiger partial charge in [-0.25, -0.2) is 4.68 Å². The topological polar surface area (TPSA) is 58.7 Å².